The minimum Gasteiger partial charge on any atom is -0.397 e. The molecule has 2 rings (SSSR count). The number of para-hydroxylation sites is 1. The van der Waals surface area contributed by atoms with E-state index in [2.05, 4.69) is 4.98 Å². The fraction of sp³-hybridized carbons (Fsp3) is 0.333. The Morgan fingerprint density at radius 3 is 2.21 bits per heavy atom. The lowest BCUT2D eigenvalue weighted by molar-refractivity contribution is 1.48. The molecule has 0 spiro atoms. The van der Waals surface area contributed by atoms with E-state index in [-0.39, 0.29) is 0 Å². The Hall–Kier alpha value is -1.44. The Labute approximate surface area is 86.1 Å². The van der Waals surface area contributed by atoms with Gasteiger partial charge in [0.1, 0.15) is 0 Å². The van der Waals surface area contributed by atoms with Crippen molar-refractivity contribution in [1.82, 2.24) is 4.98 Å². The number of aromatic nitrogens is 1. The summed E-state index contributed by atoms with van der Waals surface area (Å²) in [6, 6.07) is 7.87. The van der Waals surface area contributed by atoms with Crippen LogP contribution in [0.3, 0.4) is 0 Å². The van der Waals surface area contributed by atoms with Gasteiger partial charge in [0.05, 0.1) is 11.2 Å². The van der Waals surface area contributed by atoms with Gasteiger partial charge in [-0.3, -0.25) is 0 Å². The van der Waals surface area contributed by atoms with Crippen molar-refractivity contribution in [2.75, 3.05) is 5.73 Å². The van der Waals surface area contributed by atoms with Gasteiger partial charge in [0.25, 0.3) is 0 Å². The first-order valence-electron chi connectivity index (χ1n) is 5.19. The van der Waals surface area contributed by atoms with Crippen LogP contribution < -0.4 is 5.73 Å². The Bertz CT molecular complexity index is 350. The second kappa shape index (κ2) is 7.01. The second-order valence-electron chi connectivity index (χ2n) is 2.29. The van der Waals surface area contributed by atoms with Crippen LogP contribution in [-0.4, -0.2) is 4.98 Å². The Morgan fingerprint density at radius 2 is 1.64 bits per heavy atom. The smallest absolute Gasteiger partial charge is 0.0687 e. The maximum atomic E-state index is 5.67. The highest BCUT2D eigenvalue weighted by atomic mass is 14.7. The van der Waals surface area contributed by atoms with Gasteiger partial charge in [-0.05, 0) is 12.1 Å². The average Bonchev–Trinajstić information content (AvgIpc) is 2.73. The summed E-state index contributed by atoms with van der Waals surface area (Å²) in [7, 11) is 0. The van der Waals surface area contributed by atoms with E-state index in [9.17, 15) is 0 Å². The summed E-state index contributed by atoms with van der Waals surface area (Å²) >= 11 is 0. The predicted molar refractivity (Wildman–Crippen MR) is 65.4 cm³/mol. The van der Waals surface area contributed by atoms with Gasteiger partial charge in [0.15, 0.2) is 0 Å². The van der Waals surface area contributed by atoms with Crippen LogP contribution in [0.15, 0.2) is 30.5 Å². The van der Waals surface area contributed by atoms with Crippen molar-refractivity contribution in [3.05, 3.63) is 30.5 Å². The number of nitrogen functional groups attached to an aromatic ring is 1. The van der Waals surface area contributed by atoms with Crippen LogP contribution in [0.2, 0.25) is 0 Å². The number of hydrogen-bond donors (Lipinski definition) is 2. The van der Waals surface area contributed by atoms with E-state index in [0.717, 1.165) is 11.2 Å². The first kappa shape index (κ1) is 12.6. The minimum atomic E-state index is 0.808. The molecule has 0 atom stereocenters. The molecule has 14 heavy (non-hydrogen) atoms. The van der Waals surface area contributed by atoms with E-state index in [0.29, 0.717) is 0 Å². The van der Waals surface area contributed by atoms with E-state index >= 15 is 0 Å². The summed E-state index contributed by atoms with van der Waals surface area (Å²) in [5.41, 5.74) is 7.51. The molecule has 1 aromatic heterocycles. The van der Waals surface area contributed by atoms with Crippen LogP contribution in [0, 0.1) is 0 Å². The summed E-state index contributed by atoms with van der Waals surface area (Å²) in [5.74, 6) is 0. The highest BCUT2D eigenvalue weighted by Gasteiger charge is 1.94. The lowest BCUT2D eigenvalue weighted by atomic mass is 10.2. The molecule has 2 heteroatoms. The lowest BCUT2D eigenvalue weighted by Crippen LogP contribution is -1.84. The molecule has 3 N–H and O–H groups in total. The van der Waals surface area contributed by atoms with E-state index in [4.69, 9.17) is 5.73 Å². The van der Waals surface area contributed by atoms with Gasteiger partial charge in [0.2, 0.25) is 0 Å². The number of hydrogen-bond acceptors (Lipinski definition) is 1. The molecule has 0 bridgehead atoms. The monoisotopic (exact) mass is 192 g/mol. The van der Waals surface area contributed by atoms with Crippen LogP contribution in [0.4, 0.5) is 5.69 Å². The van der Waals surface area contributed by atoms with E-state index < -0.39 is 0 Å². The third-order valence-corrected chi connectivity index (χ3v) is 1.62. The van der Waals surface area contributed by atoms with Gasteiger partial charge in [-0.1, -0.05) is 39.8 Å². The highest BCUT2D eigenvalue weighted by Crippen LogP contribution is 2.17. The molecule has 2 nitrogen and oxygen atoms in total. The number of nitrogens with two attached hydrogens (primary N) is 1. The van der Waals surface area contributed by atoms with E-state index in [1.165, 1.54) is 5.39 Å². The summed E-state index contributed by atoms with van der Waals surface area (Å²) < 4.78 is 0. The van der Waals surface area contributed by atoms with Crippen molar-refractivity contribution in [1.29, 1.82) is 0 Å². The number of H-pyrrole nitrogens is 1. The second-order valence-corrected chi connectivity index (χ2v) is 2.29. The number of anilines is 1. The molecular weight excluding hydrogens is 172 g/mol. The predicted octanol–water partition coefficient (Wildman–Crippen LogP) is 3.80. The fourth-order valence-corrected chi connectivity index (χ4v) is 1.11. The zero-order valence-electron chi connectivity index (χ0n) is 9.46. The first-order valence-corrected chi connectivity index (χ1v) is 5.19. The van der Waals surface area contributed by atoms with Gasteiger partial charge >= 0.3 is 0 Å². The number of rotatable bonds is 0. The zero-order chi connectivity index (χ0) is 11.0. The van der Waals surface area contributed by atoms with Gasteiger partial charge in [0, 0.05) is 11.6 Å². The molecule has 1 aromatic carbocycles. The van der Waals surface area contributed by atoms with Crippen molar-refractivity contribution in [3.8, 4) is 0 Å². The van der Waals surface area contributed by atoms with Gasteiger partial charge < -0.3 is 10.7 Å². The SMILES string of the molecule is CC.CC.Nc1cccc2cc[nH]c12. The van der Waals surface area contributed by atoms with Crippen LogP contribution in [-0.2, 0) is 0 Å². The molecule has 0 saturated heterocycles. The third kappa shape index (κ3) is 2.80. The quantitative estimate of drug-likeness (QED) is 0.612. The molecule has 2 aromatic rings. The summed E-state index contributed by atoms with van der Waals surface area (Å²) in [5, 5.41) is 1.17. The lowest BCUT2D eigenvalue weighted by Gasteiger charge is -1.92. The molecule has 0 fully saturated rings. The Kier molecular flexibility index (Phi) is 6.29. The third-order valence-electron chi connectivity index (χ3n) is 1.62. The summed E-state index contributed by atoms with van der Waals surface area (Å²) in [4.78, 5) is 3.06. The van der Waals surface area contributed by atoms with Crippen LogP contribution in [0.5, 0.6) is 0 Å². The highest BCUT2D eigenvalue weighted by molar-refractivity contribution is 5.89. The normalized spacial score (nSPS) is 8.29. The number of benzene rings is 1. The Morgan fingerprint density at radius 1 is 1.00 bits per heavy atom. The van der Waals surface area contributed by atoms with E-state index in [1.807, 2.05) is 58.2 Å². The fourth-order valence-electron chi connectivity index (χ4n) is 1.11. The van der Waals surface area contributed by atoms with E-state index in [1.54, 1.807) is 0 Å². The molecule has 0 aliphatic rings. The number of fused-ring (bicyclic) bond motifs is 1. The van der Waals surface area contributed by atoms with Crippen LogP contribution in [0.25, 0.3) is 10.9 Å². The maximum Gasteiger partial charge on any atom is 0.0687 e. The van der Waals surface area contributed by atoms with Gasteiger partial charge in [-0.25, -0.2) is 0 Å². The van der Waals surface area contributed by atoms with Gasteiger partial charge in [-0.15, -0.1) is 0 Å². The van der Waals surface area contributed by atoms with Crippen molar-refractivity contribution < 1.29 is 0 Å². The largest absolute Gasteiger partial charge is 0.397 e. The molecule has 0 radical (unpaired) electrons. The number of nitrogens with one attached hydrogen (secondary N) is 1. The van der Waals surface area contributed by atoms with Crippen LogP contribution in [0.1, 0.15) is 27.7 Å². The standard InChI is InChI=1S/C8H8N2.2C2H6/c9-7-3-1-2-6-4-5-10-8(6)7;2*1-2/h1-5,10H,9H2;2*1-2H3. The minimum absolute atomic E-state index is 0.808. The molecule has 0 saturated carbocycles. The van der Waals surface area contributed by atoms with Gasteiger partial charge in [-0.2, -0.15) is 0 Å². The summed E-state index contributed by atoms with van der Waals surface area (Å²) in [6.07, 6.45) is 1.89. The van der Waals surface area contributed by atoms with Crippen molar-refractivity contribution >= 4 is 16.6 Å². The molecule has 78 valence electrons. The number of aromatic amines is 1. The first-order chi connectivity index (χ1) is 6.88. The van der Waals surface area contributed by atoms with Crippen LogP contribution >= 0.6 is 0 Å². The molecule has 1 heterocycles. The maximum absolute atomic E-state index is 5.67. The molecule has 0 amide bonds. The van der Waals surface area contributed by atoms with Crippen molar-refractivity contribution in [2.45, 2.75) is 27.7 Å². The summed E-state index contributed by atoms with van der Waals surface area (Å²) in [6.45, 7) is 8.00. The molecule has 0 aliphatic carbocycles. The van der Waals surface area contributed by atoms with Crippen molar-refractivity contribution in [3.63, 3.8) is 0 Å². The van der Waals surface area contributed by atoms with Crippen molar-refractivity contribution in [2.24, 2.45) is 0 Å². The molecule has 0 unspecified atom stereocenters. The topological polar surface area (TPSA) is 41.8 Å². The molecule has 0 aliphatic heterocycles. The molecular formula is C12H20N2. The zero-order valence-corrected chi connectivity index (χ0v) is 9.46. The Balaban J connectivity index is 0.000000379. The average molecular weight is 192 g/mol.